The Bertz CT molecular complexity index is 921. The number of aryl methyl sites for hydroxylation is 1. The van der Waals surface area contributed by atoms with Gasteiger partial charge in [-0.05, 0) is 24.3 Å². The zero-order chi connectivity index (χ0) is 20.1. The van der Waals surface area contributed by atoms with Crippen LogP contribution in [0.15, 0.2) is 48.5 Å². The van der Waals surface area contributed by atoms with Gasteiger partial charge in [0.1, 0.15) is 24.9 Å². The van der Waals surface area contributed by atoms with Crippen LogP contribution >= 0.6 is 11.3 Å². The van der Waals surface area contributed by atoms with Crippen molar-refractivity contribution >= 4 is 27.5 Å². The van der Waals surface area contributed by atoms with E-state index in [1.165, 1.54) is 17.0 Å². The highest BCUT2D eigenvalue weighted by atomic mass is 32.1. The third-order valence-corrected chi connectivity index (χ3v) is 6.40. The van der Waals surface area contributed by atoms with E-state index in [-0.39, 0.29) is 17.8 Å². The molecule has 0 unspecified atom stereocenters. The summed E-state index contributed by atoms with van der Waals surface area (Å²) in [4.78, 5) is 18.4. The van der Waals surface area contributed by atoms with Crippen molar-refractivity contribution in [1.29, 1.82) is 0 Å². The van der Waals surface area contributed by atoms with Gasteiger partial charge >= 0.3 is 0 Å². The molecule has 0 bridgehead atoms. The molecule has 152 valence electrons. The van der Waals surface area contributed by atoms with Crippen molar-refractivity contribution in [3.63, 3.8) is 0 Å². The van der Waals surface area contributed by atoms with Crippen molar-refractivity contribution in [2.75, 3.05) is 32.8 Å². The third-order valence-electron chi connectivity index (χ3n) is 5.31. The number of amides is 1. The van der Waals surface area contributed by atoms with Crippen LogP contribution in [0.2, 0.25) is 0 Å². The molecule has 0 aliphatic carbocycles. The van der Waals surface area contributed by atoms with Crippen LogP contribution in [0.1, 0.15) is 23.0 Å². The van der Waals surface area contributed by atoms with Crippen molar-refractivity contribution in [2.24, 2.45) is 0 Å². The number of para-hydroxylation sites is 1. The van der Waals surface area contributed by atoms with Crippen molar-refractivity contribution in [3.05, 3.63) is 64.9 Å². The zero-order valence-corrected chi connectivity index (χ0v) is 17.0. The number of fused-ring (bicyclic) bond motifs is 1. The highest BCUT2D eigenvalue weighted by Gasteiger charge is 2.26. The fourth-order valence-electron chi connectivity index (χ4n) is 3.73. The van der Waals surface area contributed by atoms with E-state index in [0.29, 0.717) is 32.6 Å². The topological polar surface area (TPSA) is 55.7 Å². The summed E-state index contributed by atoms with van der Waals surface area (Å²) in [5, 5.41) is 4.06. The predicted molar refractivity (Wildman–Crippen MR) is 112 cm³/mol. The van der Waals surface area contributed by atoms with Gasteiger partial charge in [-0.1, -0.05) is 24.3 Å². The summed E-state index contributed by atoms with van der Waals surface area (Å²) in [6, 6.07) is 14.7. The second-order valence-corrected chi connectivity index (χ2v) is 8.37. The molecule has 1 aliphatic rings. The fraction of sp³-hybridized carbons (Fsp3) is 0.364. The summed E-state index contributed by atoms with van der Waals surface area (Å²) in [6.07, 6.45) is 1.05. The molecule has 1 saturated heterocycles. The van der Waals surface area contributed by atoms with E-state index in [1.807, 2.05) is 30.3 Å². The lowest BCUT2D eigenvalue weighted by Crippen LogP contribution is -3.15. The maximum atomic E-state index is 13.3. The van der Waals surface area contributed by atoms with Gasteiger partial charge < -0.3 is 15.0 Å². The molecule has 1 fully saturated rings. The molecule has 1 atom stereocenters. The fourth-order valence-corrected chi connectivity index (χ4v) is 4.69. The number of ether oxygens (including phenoxy) is 1. The van der Waals surface area contributed by atoms with E-state index in [1.54, 1.807) is 11.3 Å². The first-order valence-electron chi connectivity index (χ1n) is 9.98. The van der Waals surface area contributed by atoms with Crippen molar-refractivity contribution in [2.45, 2.75) is 18.9 Å². The molecule has 3 aromatic rings. The van der Waals surface area contributed by atoms with Gasteiger partial charge in [0, 0.05) is 18.4 Å². The Hall–Kier alpha value is -2.35. The Morgan fingerprint density at radius 2 is 1.93 bits per heavy atom. The van der Waals surface area contributed by atoms with E-state index in [0.717, 1.165) is 33.9 Å². The molecule has 2 aromatic carbocycles. The largest absolute Gasteiger partial charge is 0.370 e. The minimum Gasteiger partial charge on any atom is -0.370 e. The molecule has 4 rings (SSSR count). The molecular formula is C22H25FN3O2S+. The second kappa shape index (κ2) is 9.43. The van der Waals surface area contributed by atoms with Crippen LogP contribution in [-0.2, 0) is 16.0 Å². The quantitative estimate of drug-likeness (QED) is 0.623. The average Bonchev–Trinajstić information content (AvgIpc) is 3.17. The number of nitrogens with zero attached hydrogens (tertiary/aromatic N) is 1. The highest BCUT2D eigenvalue weighted by Crippen LogP contribution is 2.22. The number of carbonyl (C=O) groups is 1. The van der Waals surface area contributed by atoms with Crippen LogP contribution in [0, 0.1) is 5.82 Å². The standard InChI is InChI=1S/C22H24FN3O2S/c23-17-7-5-16(6-8-17)19(26-11-13-28-14-12-26)15-24-21(27)9-10-22-25-18-3-1-2-4-20(18)29-22/h1-8,19H,9-15H2,(H,24,27)/p+1/t19-/m1/s1. The van der Waals surface area contributed by atoms with E-state index in [9.17, 15) is 9.18 Å². The third kappa shape index (κ3) is 5.18. The van der Waals surface area contributed by atoms with Gasteiger partial charge in [-0.15, -0.1) is 11.3 Å². The number of nitrogens with one attached hydrogen (secondary N) is 2. The molecule has 1 aromatic heterocycles. The summed E-state index contributed by atoms with van der Waals surface area (Å²) in [6.45, 7) is 3.70. The van der Waals surface area contributed by atoms with Gasteiger partial charge in [0.15, 0.2) is 0 Å². The lowest BCUT2D eigenvalue weighted by Gasteiger charge is -2.32. The number of carbonyl (C=O) groups excluding carboxylic acids is 1. The SMILES string of the molecule is O=C(CCc1nc2ccccc2s1)NC[C@H](c1ccc(F)cc1)[NH+]1CCOCC1. The van der Waals surface area contributed by atoms with Crippen LogP contribution in [0.5, 0.6) is 0 Å². The van der Waals surface area contributed by atoms with Crippen LogP contribution in [-0.4, -0.2) is 43.7 Å². The molecule has 2 heterocycles. The maximum absolute atomic E-state index is 13.3. The first-order chi connectivity index (χ1) is 14.2. The summed E-state index contributed by atoms with van der Waals surface area (Å²) >= 11 is 1.64. The van der Waals surface area contributed by atoms with Crippen molar-refractivity contribution in [1.82, 2.24) is 10.3 Å². The van der Waals surface area contributed by atoms with Crippen LogP contribution in [0.4, 0.5) is 4.39 Å². The van der Waals surface area contributed by atoms with E-state index < -0.39 is 0 Å². The molecule has 1 aliphatic heterocycles. The first-order valence-corrected chi connectivity index (χ1v) is 10.8. The van der Waals surface area contributed by atoms with Crippen molar-refractivity contribution < 1.29 is 18.8 Å². The lowest BCUT2D eigenvalue weighted by atomic mass is 10.0. The first kappa shape index (κ1) is 19.9. The monoisotopic (exact) mass is 414 g/mol. The Morgan fingerprint density at radius 1 is 1.17 bits per heavy atom. The van der Waals surface area contributed by atoms with Crippen LogP contribution in [0.25, 0.3) is 10.2 Å². The molecule has 0 spiro atoms. The summed E-state index contributed by atoms with van der Waals surface area (Å²) in [7, 11) is 0. The summed E-state index contributed by atoms with van der Waals surface area (Å²) in [5.74, 6) is -0.228. The predicted octanol–water partition coefficient (Wildman–Crippen LogP) is 2.14. The molecule has 1 amide bonds. The smallest absolute Gasteiger partial charge is 0.220 e. The van der Waals surface area contributed by atoms with E-state index in [2.05, 4.69) is 16.4 Å². The number of morpholine rings is 1. The number of aromatic nitrogens is 1. The minimum absolute atomic E-state index is 0.0176. The molecular weight excluding hydrogens is 389 g/mol. The number of halogens is 1. The highest BCUT2D eigenvalue weighted by molar-refractivity contribution is 7.18. The molecule has 0 saturated carbocycles. The summed E-state index contributed by atoms with van der Waals surface area (Å²) in [5.41, 5.74) is 2.02. The number of hydrogen-bond donors (Lipinski definition) is 2. The number of quaternary nitrogens is 1. The van der Waals surface area contributed by atoms with Crippen LogP contribution < -0.4 is 10.2 Å². The number of rotatable bonds is 7. The molecule has 2 N–H and O–H groups in total. The Balaban J connectivity index is 1.35. The normalized spacial score (nSPS) is 16.0. The zero-order valence-electron chi connectivity index (χ0n) is 16.2. The lowest BCUT2D eigenvalue weighted by molar-refractivity contribution is -0.937. The Morgan fingerprint density at radius 3 is 2.69 bits per heavy atom. The Kier molecular flexibility index (Phi) is 6.49. The minimum atomic E-state index is -0.246. The second-order valence-electron chi connectivity index (χ2n) is 7.25. The Labute approximate surface area is 173 Å². The van der Waals surface area contributed by atoms with Gasteiger partial charge in [-0.3, -0.25) is 4.79 Å². The van der Waals surface area contributed by atoms with Gasteiger partial charge in [-0.2, -0.15) is 0 Å². The van der Waals surface area contributed by atoms with Crippen LogP contribution in [0.3, 0.4) is 0 Å². The van der Waals surface area contributed by atoms with E-state index >= 15 is 0 Å². The average molecular weight is 415 g/mol. The summed E-state index contributed by atoms with van der Waals surface area (Å²) < 4.78 is 20.0. The number of thiazole rings is 1. The van der Waals surface area contributed by atoms with Crippen molar-refractivity contribution in [3.8, 4) is 0 Å². The molecule has 0 radical (unpaired) electrons. The molecule has 5 nitrogen and oxygen atoms in total. The van der Waals surface area contributed by atoms with Gasteiger partial charge in [0.25, 0.3) is 0 Å². The maximum Gasteiger partial charge on any atom is 0.220 e. The number of hydrogen-bond acceptors (Lipinski definition) is 4. The molecule has 7 heteroatoms. The number of benzene rings is 2. The van der Waals surface area contributed by atoms with Gasteiger partial charge in [0.2, 0.25) is 5.91 Å². The van der Waals surface area contributed by atoms with E-state index in [4.69, 9.17) is 4.74 Å². The van der Waals surface area contributed by atoms with Gasteiger partial charge in [0.05, 0.1) is 35.0 Å². The molecule has 29 heavy (non-hydrogen) atoms. The van der Waals surface area contributed by atoms with Gasteiger partial charge in [-0.25, -0.2) is 9.37 Å².